The van der Waals surface area contributed by atoms with Crippen molar-refractivity contribution in [2.75, 3.05) is 12.8 Å². The van der Waals surface area contributed by atoms with Gasteiger partial charge in [0.1, 0.15) is 0 Å². The average molecular weight is 276 g/mol. The molecule has 1 aromatic carbocycles. The minimum atomic E-state index is 0.319. The van der Waals surface area contributed by atoms with Crippen LogP contribution in [0.2, 0.25) is 5.02 Å². The number of nitrogens with zero attached hydrogens (tertiary/aromatic N) is 2. The number of hydrogen-bond donors (Lipinski definition) is 1. The van der Waals surface area contributed by atoms with Crippen LogP contribution in [0.15, 0.2) is 34.9 Å². The molecule has 0 atom stereocenters. The van der Waals surface area contributed by atoms with E-state index in [1.54, 1.807) is 19.2 Å². The van der Waals surface area contributed by atoms with Gasteiger partial charge in [-0.2, -0.15) is 0 Å². The van der Waals surface area contributed by atoms with Gasteiger partial charge in [-0.3, -0.25) is 0 Å². The highest BCUT2D eigenvalue weighted by atomic mass is 35.5. The summed E-state index contributed by atoms with van der Waals surface area (Å²) in [6, 6.07) is 8.90. The number of anilines is 1. The van der Waals surface area contributed by atoms with Crippen molar-refractivity contribution in [1.29, 1.82) is 0 Å². The first-order chi connectivity index (χ1) is 9.19. The first-order valence-corrected chi connectivity index (χ1v) is 5.92. The summed E-state index contributed by atoms with van der Waals surface area (Å²) >= 11 is 6.37. The summed E-state index contributed by atoms with van der Waals surface area (Å²) in [6.45, 7) is 0. The van der Waals surface area contributed by atoms with Crippen LogP contribution < -0.4 is 10.5 Å². The van der Waals surface area contributed by atoms with Gasteiger partial charge >= 0.3 is 0 Å². The molecule has 0 radical (unpaired) electrons. The fourth-order valence-corrected chi connectivity index (χ4v) is 2.19. The van der Waals surface area contributed by atoms with Crippen LogP contribution in [0.25, 0.3) is 22.2 Å². The molecule has 0 saturated heterocycles. The Hall–Kier alpha value is -2.27. The Balaban J connectivity index is 2.21. The van der Waals surface area contributed by atoms with E-state index in [0.717, 1.165) is 16.5 Å². The first-order valence-electron chi connectivity index (χ1n) is 5.55. The van der Waals surface area contributed by atoms with Crippen LogP contribution in [0.1, 0.15) is 0 Å². The number of nitrogen functional groups attached to an aromatic ring is 1. The average Bonchev–Trinajstić information content (AvgIpc) is 2.85. The zero-order valence-electron chi connectivity index (χ0n) is 10.1. The van der Waals surface area contributed by atoms with Crippen molar-refractivity contribution in [1.82, 2.24) is 10.1 Å². The molecule has 2 N–H and O–H groups in total. The largest absolute Gasteiger partial charge is 0.481 e. The van der Waals surface area contributed by atoms with Crippen molar-refractivity contribution in [3.63, 3.8) is 0 Å². The molecular formula is C13H10ClN3O2. The standard InChI is InChI=1S/C13H10ClN3O2/c1-18-12-5-3-7-9(16-12)4-2-8(13(7)14)10-6-11(15)17-19-10/h2-6H,1H3,(H2,15,17). The number of aromatic nitrogens is 2. The monoisotopic (exact) mass is 275 g/mol. The number of ether oxygens (including phenoxy) is 1. The number of rotatable bonds is 2. The van der Waals surface area contributed by atoms with Gasteiger partial charge in [-0.15, -0.1) is 0 Å². The number of nitrogens with two attached hydrogens (primary N) is 1. The minimum absolute atomic E-state index is 0.319. The Morgan fingerprint density at radius 3 is 2.79 bits per heavy atom. The van der Waals surface area contributed by atoms with Gasteiger partial charge in [0.15, 0.2) is 11.6 Å². The lowest BCUT2D eigenvalue weighted by molar-refractivity contribution is 0.399. The molecule has 5 nitrogen and oxygen atoms in total. The predicted octanol–water partition coefficient (Wildman–Crippen LogP) is 3.13. The van der Waals surface area contributed by atoms with Gasteiger partial charge in [0.2, 0.25) is 5.88 Å². The third-order valence-corrected chi connectivity index (χ3v) is 3.19. The molecule has 19 heavy (non-hydrogen) atoms. The molecule has 3 aromatic rings. The third kappa shape index (κ3) is 1.98. The number of methoxy groups -OCH3 is 1. The Kier molecular flexibility index (Phi) is 2.76. The van der Waals surface area contributed by atoms with Crippen LogP contribution in [0.3, 0.4) is 0 Å². The lowest BCUT2D eigenvalue weighted by Crippen LogP contribution is -1.89. The summed E-state index contributed by atoms with van der Waals surface area (Å²) in [5, 5.41) is 5.01. The van der Waals surface area contributed by atoms with E-state index in [0.29, 0.717) is 22.5 Å². The Bertz CT molecular complexity index is 755. The summed E-state index contributed by atoms with van der Waals surface area (Å²) in [4.78, 5) is 4.32. The minimum Gasteiger partial charge on any atom is -0.481 e. The molecule has 0 saturated carbocycles. The van der Waals surface area contributed by atoms with Crippen molar-refractivity contribution in [2.24, 2.45) is 0 Å². The van der Waals surface area contributed by atoms with Crippen LogP contribution in [-0.4, -0.2) is 17.3 Å². The number of fused-ring (bicyclic) bond motifs is 1. The van der Waals surface area contributed by atoms with E-state index in [4.69, 9.17) is 26.6 Å². The lowest BCUT2D eigenvalue weighted by atomic mass is 10.1. The van der Waals surface area contributed by atoms with Crippen molar-refractivity contribution < 1.29 is 9.26 Å². The molecule has 0 unspecified atom stereocenters. The van der Waals surface area contributed by atoms with Gasteiger partial charge in [0.05, 0.1) is 17.6 Å². The third-order valence-electron chi connectivity index (χ3n) is 2.78. The molecule has 2 aromatic heterocycles. The lowest BCUT2D eigenvalue weighted by Gasteiger charge is -2.06. The maximum atomic E-state index is 6.37. The van der Waals surface area contributed by atoms with Crippen LogP contribution in [-0.2, 0) is 0 Å². The fourth-order valence-electron chi connectivity index (χ4n) is 1.87. The number of halogens is 1. The van der Waals surface area contributed by atoms with Crippen LogP contribution in [0.5, 0.6) is 5.88 Å². The molecule has 96 valence electrons. The van der Waals surface area contributed by atoms with Gasteiger partial charge < -0.3 is 15.0 Å². The van der Waals surface area contributed by atoms with Gasteiger partial charge in [-0.1, -0.05) is 16.8 Å². The van der Waals surface area contributed by atoms with E-state index in [2.05, 4.69) is 10.1 Å². The van der Waals surface area contributed by atoms with Crippen LogP contribution in [0, 0.1) is 0 Å². The molecule has 0 bridgehead atoms. The van der Waals surface area contributed by atoms with Gasteiger partial charge in [0.25, 0.3) is 0 Å². The maximum Gasteiger partial charge on any atom is 0.213 e. The van der Waals surface area contributed by atoms with Crippen LogP contribution in [0.4, 0.5) is 5.82 Å². The maximum absolute atomic E-state index is 6.37. The second-order valence-electron chi connectivity index (χ2n) is 3.96. The van der Waals surface area contributed by atoms with Crippen molar-refractivity contribution in [2.45, 2.75) is 0 Å². The highest BCUT2D eigenvalue weighted by molar-refractivity contribution is 6.38. The smallest absolute Gasteiger partial charge is 0.213 e. The summed E-state index contributed by atoms with van der Waals surface area (Å²) < 4.78 is 10.2. The molecule has 0 aliphatic rings. The summed E-state index contributed by atoms with van der Waals surface area (Å²) in [7, 11) is 1.57. The van der Waals surface area contributed by atoms with Gasteiger partial charge in [0, 0.05) is 23.1 Å². The molecular weight excluding hydrogens is 266 g/mol. The fraction of sp³-hybridized carbons (Fsp3) is 0.0769. The van der Waals surface area contributed by atoms with E-state index in [1.807, 2.05) is 18.2 Å². The van der Waals surface area contributed by atoms with Gasteiger partial charge in [-0.05, 0) is 18.2 Å². The molecule has 6 heteroatoms. The highest BCUT2D eigenvalue weighted by Gasteiger charge is 2.13. The van der Waals surface area contributed by atoms with E-state index in [-0.39, 0.29) is 0 Å². The Morgan fingerprint density at radius 1 is 1.26 bits per heavy atom. The topological polar surface area (TPSA) is 74.2 Å². The number of benzene rings is 1. The predicted molar refractivity (Wildman–Crippen MR) is 73.2 cm³/mol. The second-order valence-corrected chi connectivity index (χ2v) is 4.34. The molecule has 0 fully saturated rings. The zero-order valence-corrected chi connectivity index (χ0v) is 10.8. The number of hydrogen-bond acceptors (Lipinski definition) is 5. The number of pyridine rings is 1. The molecule has 0 spiro atoms. The van der Waals surface area contributed by atoms with E-state index < -0.39 is 0 Å². The normalized spacial score (nSPS) is 10.8. The van der Waals surface area contributed by atoms with E-state index in [9.17, 15) is 0 Å². The van der Waals surface area contributed by atoms with Crippen molar-refractivity contribution >= 4 is 28.3 Å². The van der Waals surface area contributed by atoms with Gasteiger partial charge in [-0.25, -0.2) is 4.98 Å². The molecule has 0 amide bonds. The van der Waals surface area contributed by atoms with Crippen molar-refractivity contribution in [3.05, 3.63) is 35.4 Å². The SMILES string of the molecule is COc1ccc2c(Cl)c(-c3cc(N)no3)ccc2n1. The quantitative estimate of drug-likeness (QED) is 0.778. The zero-order chi connectivity index (χ0) is 13.4. The Morgan fingerprint density at radius 2 is 2.11 bits per heavy atom. The van der Waals surface area contributed by atoms with Crippen LogP contribution >= 0.6 is 11.6 Å². The highest BCUT2D eigenvalue weighted by Crippen LogP contribution is 2.34. The van der Waals surface area contributed by atoms with Crippen molar-refractivity contribution in [3.8, 4) is 17.2 Å². The molecule has 0 aliphatic heterocycles. The molecule has 0 aliphatic carbocycles. The summed E-state index contributed by atoms with van der Waals surface area (Å²) in [6.07, 6.45) is 0. The van der Waals surface area contributed by atoms with E-state index in [1.165, 1.54) is 0 Å². The first kappa shape index (κ1) is 11.8. The Labute approximate surface area is 113 Å². The van der Waals surface area contributed by atoms with E-state index >= 15 is 0 Å². The second kappa shape index (κ2) is 4.44. The summed E-state index contributed by atoms with van der Waals surface area (Å²) in [5.74, 6) is 1.39. The summed E-state index contributed by atoms with van der Waals surface area (Å²) in [5.41, 5.74) is 7.02. The molecule has 3 rings (SSSR count). The molecule has 2 heterocycles.